The molecule has 1 aromatic rings. The summed E-state index contributed by atoms with van der Waals surface area (Å²) in [6, 6.07) is 0. The Morgan fingerprint density at radius 2 is 1.89 bits per heavy atom. The van der Waals surface area contributed by atoms with Crippen LogP contribution in [0.15, 0.2) is 12.4 Å². The first kappa shape index (κ1) is 13.6. The van der Waals surface area contributed by atoms with E-state index in [4.69, 9.17) is 5.73 Å². The van der Waals surface area contributed by atoms with E-state index in [0.717, 1.165) is 0 Å². The number of carbonyl (C=O) groups is 1. The van der Waals surface area contributed by atoms with Gasteiger partial charge in [0.05, 0.1) is 18.3 Å². The first-order valence-corrected chi connectivity index (χ1v) is 5.81. The van der Waals surface area contributed by atoms with E-state index in [1.54, 1.807) is 0 Å². The Labute approximate surface area is 107 Å². The standard InChI is InChI=1S/C11H13F3N4O/c12-11(13,14)7-1-3-18(4-2-7)10(19)8-5-17-9(15)6-16-8/h5-7H,1-4H2,(H2,15,17). The van der Waals surface area contributed by atoms with Gasteiger partial charge < -0.3 is 10.6 Å². The Balaban J connectivity index is 1.98. The third-order valence-electron chi connectivity index (χ3n) is 3.14. The summed E-state index contributed by atoms with van der Waals surface area (Å²) in [5.41, 5.74) is 5.44. The molecule has 1 amide bonds. The number of aromatic nitrogens is 2. The molecule has 2 rings (SSSR count). The van der Waals surface area contributed by atoms with Crippen molar-refractivity contribution in [3.63, 3.8) is 0 Å². The molecule has 1 saturated heterocycles. The monoisotopic (exact) mass is 274 g/mol. The topological polar surface area (TPSA) is 72.1 Å². The molecule has 0 radical (unpaired) electrons. The third-order valence-corrected chi connectivity index (χ3v) is 3.14. The summed E-state index contributed by atoms with van der Waals surface area (Å²) in [7, 11) is 0. The predicted molar refractivity (Wildman–Crippen MR) is 61.1 cm³/mol. The van der Waals surface area contributed by atoms with Gasteiger partial charge in [-0.3, -0.25) is 4.79 Å². The Morgan fingerprint density at radius 3 is 2.37 bits per heavy atom. The smallest absolute Gasteiger partial charge is 0.382 e. The number of nitrogens with zero attached hydrogens (tertiary/aromatic N) is 3. The lowest BCUT2D eigenvalue weighted by Crippen LogP contribution is -2.42. The third kappa shape index (κ3) is 3.12. The molecule has 1 aliphatic rings. The maximum absolute atomic E-state index is 12.5. The molecule has 1 fully saturated rings. The highest BCUT2D eigenvalue weighted by atomic mass is 19.4. The summed E-state index contributed by atoms with van der Waals surface area (Å²) in [6.45, 7) is 0.157. The van der Waals surface area contributed by atoms with Crippen molar-refractivity contribution in [1.29, 1.82) is 0 Å². The number of carbonyl (C=O) groups excluding carboxylic acids is 1. The second-order valence-electron chi connectivity index (χ2n) is 4.43. The lowest BCUT2D eigenvalue weighted by Gasteiger charge is -2.32. The zero-order chi connectivity index (χ0) is 14.0. The van der Waals surface area contributed by atoms with Gasteiger partial charge in [-0.1, -0.05) is 0 Å². The molecular formula is C11H13F3N4O. The second kappa shape index (κ2) is 5.02. The summed E-state index contributed by atoms with van der Waals surface area (Å²) in [5.74, 6) is -1.55. The quantitative estimate of drug-likeness (QED) is 0.841. The number of likely N-dealkylation sites (tertiary alicyclic amines) is 1. The molecule has 0 unspecified atom stereocenters. The van der Waals surface area contributed by atoms with Crippen molar-refractivity contribution in [3.8, 4) is 0 Å². The number of piperidine rings is 1. The van der Waals surface area contributed by atoms with Crippen molar-refractivity contribution in [2.45, 2.75) is 19.0 Å². The minimum atomic E-state index is -4.18. The molecule has 0 spiro atoms. The summed E-state index contributed by atoms with van der Waals surface area (Å²) < 4.78 is 37.5. The Kier molecular flexibility index (Phi) is 3.59. The van der Waals surface area contributed by atoms with E-state index in [-0.39, 0.29) is 37.4 Å². The first-order valence-electron chi connectivity index (χ1n) is 5.81. The van der Waals surface area contributed by atoms with Gasteiger partial charge in [0.25, 0.3) is 5.91 Å². The van der Waals surface area contributed by atoms with Crippen molar-refractivity contribution < 1.29 is 18.0 Å². The minimum absolute atomic E-state index is 0.0718. The number of rotatable bonds is 1. The molecule has 2 N–H and O–H groups in total. The summed E-state index contributed by atoms with van der Waals surface area (Å²) in [4.78, 5) is 20.9. The van der Waals surface area contributed by atoms with Gasteiger partial charge in [0, 0.05) is 13.1 Å². The average molecular weight is 274 g/mol. The molecule has 5 nitrogen and oxygen atoms in total. The van der Waals surface area contributed by atoms with Crippen LogP contribution in [0.3, 0.4) is 0 Å². The highest BCUT2D eigenvalue weighted by Crippen LogP contribution is 2.34. The largest absolute Gasteiger partial charge is 0.391 e. The average Bonchev–Trinajstić information content (AvgIpc) is 2.38. The van der Waals surface area contributed by atoms with Crippen molar-refractivity contribution in [2.24, 2.45) is 5.92 Å². The van der Waals surface area contributed by atoms with Crippen LogP contribution in [0.25, 0.3) is 0 Å². The Hall–Kier alpha value is -1.86. The van der Waals surface area contributed by atoms with E-state index in [1.165, 1.54) is 17.3 Å². The molecule has 0 atom stereocenters. The van der Waals surface area contributed by atoms with Crippen LogP contribution in [0.4, 0.5) is 19.0 Å². The van der Waals surface area contributed by atoms with Crippen molar-refractivity contribution >= 4 is 11.7 Å². The predicted octanol–water partition coefficient (Wildman–Crippen LogP) is 1.47. The number of amides is 1. The van der Waals surface area contributed by atoms with Crippen LogP contribution in [-0.2, 0) is 0 Å². The van der Waals surface area contributed by atoms with Crippen LogP contribution in [0.2, 0.25) is 0 Å². The molecule has 1 aliphatic heterocycles. The van der Waals surface area contributed by atoms with Gasteiger partial charge in [0.2, 0.25) is 0 Å². The molecule has 0 bridgehead atoms. The molecule has 1 aromatic heterocycles. The van der Waals surface area contributed by atoms with E-state index < -0.39 is 18.0 Å². The normalized spacial score (nSPS) is 17.5. The summed E-state index contributed by atoms with van der Waals surface area (Å²) in [6.07, 6.45) is -1.85. The van der Waals surface area contributed by atoms with Crippen LogP contribution >= 0.6 is 0 Å². The fourth-order valence-corrected chi connectivity index (χ4v) is 2.02. The van der Waals surface area contributed by atoms with Gasteiger partial charge >= 0.3 is 6.18 Å². The number of nitrogen functional groups attached to an aromatic ring is 1. The molecule has 19 heavy (non-hydrogen) atoms. The van der Waals surface area contributed by atoms with E-state index in [2.05, 4.69) is 9.97 Å². The number of nitrogens with two attached hydrogens (primary N) is 1. The lowest BCUT2D eigenvalue weighted by molar-refractivity contribution is -0.183. The van der Waals surface area contributed by atoms with Crippen LogP contribution in [0, 0.1) is 5.92 Å². The summed E-state index contributed by atoms with van der Waals surface area (Å²) in [5, 5.41) is 0. The van der Waals surface area contributed by atoms with Gasteiger partial charge in [0.1, 0.15) is 11.5 Å². The SMILES string of the molecule is Nc1cnc(C(=O)N2CCC(C(F)(F)F)CC2)cn1. The van der Waals surface area contributed by atoms with Gasteiger partial charge in [0.15, 0.2) is 0 Å². The zero-order valence-corrected chi connectivity index (χ0v) is 10.0. The van der Waals surface area contributed by atoms with Gasteiger partial charge in [-0.2, -0.15) is 13.2 Å². The van der Waals surface area contributed by atoms with E-state index >= 15 is 0 Å². The van der Waals surface area contributed by atoms with Crippen molar-refractivity contribution in [2.75, 3.05) is 18.8 Å². The van der Waals surface area contributed by atoms with Gasteiger partial charge in [-0.05, 0) is 12.8 Å². The lowest BCUT2D eigenvalue weighted by atomic mass is 9.96. The highest BCUT2D eigenvalue weighted by Gasteiger charge is 2.41. The molecule has 2 heterocycles. The van der Waals surface area contributed by atoms with Crippen LogP contribution in [0.5, 0.6) is 0 Å². The maximum Gasteiger partial charge on any atom is 0.391 e. The Bertz CT molecular complexity index is 452. The summed E-state index contributed by atoms with van der Waals surface area (Å²) >= 11 is 0. The number of alkyl halides is 3. The molecule has 0 aliphatic carbocycles. The van der Waals surface area contributed by atoms with Crippen molar-refractivity contribution in [3.05, 3.63) is 18.1 Å². The zero-order valence-electron chi connectivity index (χ0n) is 10.0. The fraction of sp³-hybridized carbons (Fsp3) is 0.545. The molecular weight excluding hydrogens is 261 g/mol. The first-order chi connectivity index (χ1) is 8.88. The van der Waals surface area contributed by atoms with E-state index in [1.807, 2.05) is 0 Å². The van der Waals surface area contributed by atoms with E-state index in [0.29, 0.717) is 0 Å². The van der Waals surface area contributed by atoms with Crippen LogP contribution < -0.4 is 5.73 Å². The van der Waals surface area contributed by atoms with Gasteiger partial charge in [-0.25, -0.2) is 9.97 Å². The molecule has 8 heteroatoms. The highest BCUT2D eigenvalue weighted by molar-refractivity contribution is 5.92. The molecule has 0 aromatic carbocycles. The van der Waals surface area contributed by atoms with E-state index in [9.17, 15) is 18.0 Å². The Morgan fingerprint density at radius 1 is 1.26 bits per heavy atom. The second-order valence-corrected chi connectivity index (χ2v) is 4.43. The fourth-order valence-electron chi connectivity index (χ4n) is 2.02. The van der Waals surface area contributed by atoms with Crippen LogP contribution in [-0.4, -0.2) is 40.0 Å². The van der Waals surface area contributed by atoms with Gasteiger partial charge in [-0.15, -0.1) is 0 Å². The van der Waals surface area contributed by atoms with Crippen LogP contribution in [0.1, 0.15) is 23.3 Å². The molecule has 0 saturated carbocycles. The minimum Gasteiger partial charge on any atom is -0.382 e. The number of anilines is 1. The number of hydrogen-bond acceptors (Lipinski definition) is 4. The maximum atomic E-state index is 12.5. The molecule has 104 valence electrons. The number of halogens is 3. The van der Waals surface area contributed by atoms with Crippen molar-refractivity contribution in [1.82, 2.24) is 14.9 Å². The number of hydrogen-bond donors (Lipinski definition) is 1.